The van der Waals surface area contributed by atoms with E-state index in [-0.39, 0.29) is 12.1 Å². The SMILES string of the molecule is CCCCCCCCC(=O)OCCOCCOCCOCCOCCOC(C)C. The second kappa shape index (κ2) is 23.5. The zero-order valence-corrected chi connectivity index (χ0v) is 19.0. The van der Waals surface area contributed by atoms with Gasteiger partial charge in [0.05, 0.1) is 65.6 Å². The van der Waals surface area contributed by atoms with E-state index in [1.165, 1.54) is 25.7 Å². The largest absolute Gasteiger partial charge is 0.463 e. The van der Waals surface area contributed by atoms with Crippen LogP contribution in [0.3, 0.4) is 0 Å². The third-order valence-corrected chi connectivity index (χ3v) is 4.02. The van der Waals surface area contributed by atoms with Crippen LogP contribution in [0.25, 0.3) is 0 Å². The van der Waals surface area contributed by atoms with Crippen molar-refractivity contribution in [2.75, 3.05) is 66.1 Å². The Hall–Kier alpha value is -0.730. The molecule has 0 aliphatic carbocycles. The molecule has 29 heavy (non-hydrogen) atoms. The summed E-state index contributed by atoms with van der Waals surface area (Å²) in [6.45, 7) is 11.2. The van der Waals surface area contributed by atoms with Gasteiger partial charge in [-0.15, -0.1) is 0 Å². The normalized spacial score (nSPS) is 11.3. The summed E-state index contributed by atoms with van der Waals surface area (Å²) in [4.78, 5) is 11.6. The summed E-state index contributed by atoms with van der Waals surface area (Å²) in [5.41, 5.74) is 0. The number of rotatable bonds is 23. The molecule has 0 aromatic heterocycles. The van der Waals surface area contributed by atoms with Crippen LogP contribution in [-0.4, -0.2) is 78.1 Å². The first-order chi connectivity index (χ1) is 14.2. The molecule has 7 nitrogen and oxygen atoms in total. The Bertz CT molecular complexity index is 337. The molecule has 0 spiro atoms. The third-order valence-electron chi connectivity index (χ3n) is 4.02. The summed E-state index contributed by atoms with van der Waals surface area (Å²) < 4.78 is 32.1. The first-order valence-corrected chi connectivity index (χ1v) is 11.2. The molecule has 0 aliphatic heterocycles. The van der Waals surface area contributed by atoms with E-state index in [0.717, 1.165) is 12.8 Å². The van der Waals surface area contributed by atoms with Crippen molar-refractivity contribution in [3.8, 4) is 0 Å². The first kappa shape index (κ1) is 28.3. The summed E-state index contributed by atoms with van der Waals surface area (Å²) in [6, 6.07) is 0. The smallest absolute Gasteiger partial charge is 0.305 e. The van der Waals surface area contributed by atoms with Gasteiger partial charge in [0.2, 0.25) is 0 Å². The van der Waals surface area contributed by atoms with Crippen molar-refractivity contribution in [2.45, 2.75) is 71.8 Å². The average Bonchev–Trinajstić information content (AvgIpc) is 2.70. The van der Waals surface area contributed by atoms with Crippen LogP contribution < -0.4 is 0 Å². The van der Waals surface area contributed by atoms with Crippen molar-refractivity contribution in [3.63, 3.8) is 0 Å². The zero-order valence-electron chi connectivity index (χ0n) is 19.0. The minimum absolute atomic E-state index is 0.131. The minimum Gasteiger partial charge on any atom is -0.463 e. The standard InChI is InChI=1S/C22H44O7/c1-4-5-6-7-8-9-10-22(23)29-20-18-27-16-14-25-12-11-24-13-15-26-17-19-28-21(2)3/h21H,4-20H2,1-3H3. The fourth-order valence-electron chi connectivity index (χ4n) is 2.44. The van der Waals surface area contributed by atoms with Gasteiger partial charge in [-0.1, -0.05) is 39.0 Å². The number of ether oxygens (including phenoxy) is 6. The topological polar surface area (TPSA) is 72.5 Å². The van der Waals surface area contributed by atoms with Crippen molar-refractivity contribution in [1.82, 2.24) is 0 Å². The second-order valence-corrected chi connectivity index (χ2v) is 7.11. The maximum Gasteiger partial charge on any atom is 0.305 e. The fourth-order valence-corrected chi connectivity index (χ4v) is 2.44. The highest BCUT2D eigenvalue weighted by atomic mass is 16.6. The molecule has 174 valence electrons. The first-order valence-electron chi connectivity index (χ1n) is 11.2. The lowest BCUT2D eigenvalue weighted by Crippen LogP contribution is -2.15. The van der Waals surface area contributed by atoms with Crippen LogP contribution in [0, 0.1) is 0 Å². The summed E-state index contributed by atoms with van der Waals surface area (Å²) >= 11 is 0. The van der Waals surface area contributed by atoms with E-state index in [2.05, 4.69) is 6.92 Å². The molecule has 0 saturated carbocycles. The Labute approximate surface area is 177 Å². The Morgan fingerprint density at radius 3 is 1.59 bits per heavy atom. The van der Waals surface area contributed by atoms with Gasteiger partial charge < -0.3 is 28.4 Å². The average molecular weight is 421 g/mol. The lowest BCUT2D eigenvalue weighted by Gasteiger charge is -2.09. The number of carbonyl (C=O) groups is 1. The van der Waals surface area contributed by atoms with Gasteiger partial charge in [-0.05, 0) is 20.3 Å². The Balaban J connectivity index is 3.12. The lowest BCUT2D eigenvalue weighted by molar-refractivity contribution is -0.145. The van der Waals surface area contributed by atoms with E-state index in [1.807, 2.05) is 13.8 Å². The highest BCUT2D eigenvalue weighted by Crippen LogP contribution is 2.07. The molecule has 7 heteroatoms. The maximum atomic E-state index is 11.6. The van der Waals surface area contributed by atoms with Crippen LogP contribution in [-0.2, 0) is 33.2 Å². The highest BCUT2D eigenvalue weighted by Gasteiger charge is 2.02. The molecular formula is C22H44O7. The molecule has 0 bridgehead atoms. The predicted molar refractivity (Wildman–Crippen MR) is 113 cm³/mol. The Morgan fingerprint density at radius 1 is 0.621 bits per heavy atom. The van der Waals surface area contributed by atoms with E-state index >= 15 is 0 Å². The van der Waals surface area contributed by atoms with E-state index in [1.54, 1.807) is 0 Å². The van der Waals surface area contributed by atoms with Crippen molar-refractivity contribution in [2.24, 2.45) is 0 Å². The molecule has 0 fully saturated rings. The van der Waals surface area contributed by atoms with Crippen LogP contribution in [0.5, 0.6) is 0 Å². The minimum atomic E-state index is -0.131. The van der Waals surface area contributed by atoms with Gasteiger partial charge in [0.1, 0.15) is 6.61 Å². The molecule has 0 amide bonds. The predicted octanol–water partition coefficient (Wildman–Crippen LogP) is 3.77. The highest BCUT2D eigenvalue weighted by molar-refractivity contribution is 5.69. The molecule has 0 aromatic rings. The maximum absolute atomic E-state index is 11.6. The zero-order chi connectivity index (χ0) is 21.4. The van der Waals surface area contributed by atoms with Gasteiger partial charge in [-0.25, -0.2) is 0 Å². The van der Waals surface area contributed by atoms with E-state index in [0.29, 0.717) is 72.5 Å². The Morgan fingerprint density at radius 2 is 1.07 bits per heavy atom. The molecule has 0 rings (SSSR count). The van der Waals surface area contributed by atoms with E-state index < -0.39 is 0 Å². The summed E-state index contributed by atoms with van der Waals surface area (Å²) in [5, 5.41) is 0. The molecule has 0 aliphatic rings. The number of hydrogen-bond donors (Lipinski definition) is 0. The van der Waals surface area contributed by atoms with Crippen LogP contribution in [0.2, 0.25) is 0 Å². The van der Waals surface area contributed by atoms with Gasteiger partial charge >= 0.3 is 5.97 Å². The fraction of sp³-hybridized carbons (Fsp3) is 0.955. The molecule has 0 N–H and O–H groups in total. The van der Waals surface area contributed by atoms with Gasteiger partial charge in [-0.3, -0.25) is 4.79 Å². The van der Waals surface area contributed by atoms with Crippen LogP contribution in [0.1, 0.15) is 65.7 Å². The molecule has 0 atom stereocenters. The van der Waals surface area contributed by atoms with Gasteiger partial charge in [0.15, 0.2) is 0 Å². The van der Waals surface area contributed by atoms with Crippen LogP contribution in [0.4, 0.5) is 0 Å². The van der Waals surface area contributed by atoms with E-state index in [4.69, 9.17) is 28.4 Å². The second-order valence-electron chi connectivity index (χ2n) is 7.11. The van der Waals surface area contributed by atoms with Gasteiger partial charge in [0, 0.05) is 6.42 Å². The van der Waals surface area contributed by atoms with Crippen molar-refractivity contribution >= 4 is 5.97 Å². The summed E-state index contributed by atoms with van der Waals surface area (Å²) in [5.74, 6) is -0.131. The quantitative estimate of drug-likeness (QED) is 0.184. The number of carbonyl (C=O) groups excluding carboxylic acids is 1. The van der Waals surface area contributed by atoms with Crippen LogP contribution in [0.15, 0.2) is 0 Å². The number of hydrogen-bond acceptors (Lipinski definition) is 7. The van der Waals surface area contributed by atoms with Gasteiger partial charge in [0.25, 0.3) is 0 Å². The molecule has 0 radical (unpaired) electrons. The molecule has 0 unspecified atom stereocenters. The molecule has 0 saturated heterocycles. The third kappa shape index (κ3) is 25.2. The molecular weight excluding hydrogens is 376 g/mol. The van der Waals surface area contributed by atoms with Crippen molar-refractivity contribution in [3.05, 3.63) is 0 Å². The molecule has 0 heterocycles. The Kier molecular flexibility index (Phi) is 23.0. The monoisotopic (exact) mass is 420 g/mol. The lowest BCUT2D eigenvalue weighted by atomic mass is 10.1. The van der Waals surface area contributed by atoms with Gasteiger partial charge in [-0.2, -0.15) is 0 Å². The van der Waals surface area contributed by atoms with Crippen LogP contribution >= 0.6 is 0 Å². The summed E-state index contributed by atoms with van der Waals surface area (Å²) in [6.07, 6.45) is 7.75. The number of esters is 1. The van der Waals surface area contributed by atoms with Crippen molar-refractivity contribution < 1.29 is 33.2 Å². The van der Waals surface area contributed by atoms with E-state index in [9.17, 15) is 4.79 Å². The summed E-state index contributed by atoms with van der Waals surface area (Å²) in [7, 11) is 0. The molecule has 0 aromatic carbocycles. The van der Waals surface area contributed by atoms with Crippen molar-refractivity contribution in [1.29, 1.82) is 0 Å². The number of unbranched alkanes of at least 4 members (excludes halogenated alkanes) is 5.